The highest BCUT2D eigenvalue weighted by molar-refractivity contribution is 5.86. The average Bonchev–Trinajstić information content (AvgIpc) is 2.81. The summed E-state index contributed by atoms with van der Waals surface area (Å²) in [6, 6.07) is -0.110. The fourth-order valence-electron chi connectivity index (χ4n) is 3.30. The second-order valence-electron chi connectivity index (χ2n) is 6.80. The molecule has 120 valence electrons. The third-order valence-corrected chi connectivity index (χ3v) is 4.60. The van der Waals surface area contributed by atoms with E-state index < -0.39 is 11.5 Å². The first-order chi connectivity index (χ1) is 9.84. The molecule has 1 unspecified atom stereocenters. The van der Waals surface area contributed by atoms with Gasteiger partial charge in [-0.05, 0) is 25.7 Å². The maximum Gasteiger partial charge on any atom is 0.329 e. The summed E-state index contributed by atoms with van der Waals surface area (Å²) >= 11 is 0. The van der Waals surface area contributed by atoms with Crippen LogP contribution in [0.25, 0.3) is 0 Å². The molecule has 0 aliphatic carbocycles. The molecule has 0 aromatic rings. The summed E-state index contributed by atoms with van der Waals surface area (Å²) in [6.45, 7) is 10.8. The molecule has 2 fully saturated rings. The van der Waals surface area contributed by atoms with Crippen LogP contribution in [0.1, 0.15) is 33.6 Å². The molecule has 0 aromatic heterocycles. The van der Waals surface area contributed by atoms with Gasteiger partial charge in [-0.25, -0.2) is 9.59 Å². The minimum absolute atomic E-state index is 0.110. The minimum Gasteiger partial charge on any atom is -0.480 e. The Kier molecular flexibility index (Phi) is 4.76. The summed E-state index contributed by atoms with van der Waals surface area (Å²) in [5.41, 5.74) is -1.04. The quantitative estimate of drug-likeness (QED) is 0.853. The number of rotatable bonds is 3. The molecule has 1 atom stereocenters. The van der Waals surface area contributed by atoms with Gasteiger partial charge < -0.3 is 14.9 Å². The standard InChI is InChI=1S/C15H27N3O3/c1-12(2)11-16-7-9-17(10-8-16)14(21)18-6-4-5-15(18,3)13(19)20/h12H,4-11H2,1-3H3,(H,19,20). The van der Waals surface area contributed by atoms with Crippen LogP contribution in [0.3, 0.4) is 0 Å². The zero-order valence-electron chi connectivity index (χ0n) is 13.3. The van der Waals surface area contributed by atoms with Gasteiger partial charge in [-0.2, -0.15) is 0 Å². The predicted molar refractivity (Wildman–Crippen MR) is 80.2 cm³/mol. The van der Waals surface area contributed by atoms with Crippen LogP contribution in [-0.2, 0) is 4.79 Å². The van der Waals surface area contributed by atoms with Crippen LogP contribution >= 0.6 is 0 Å². The number of aliphatic carboxylic acids is 1. The molecule has 0 saturated carbocycles. The average molecular weight is 297 g/mol. The number of nitrogens with zero attached hydrogens (tertiary/aromatic N) is 3. The van der Waals surface area contributed by atoms with Gasteiger partial charge in [-0.15, -0.1) is 0 Å². The van der Waals surface area contributed by atoms with E-state index >= 15 is 0 Å². The lowest BCUT2D eigenvalue weighted by molar-refractivity contribution is -0.147. The number of amides is 2. The molecule has 2 rings (SSSR count). The number of hydrogen-bond donors (Lipinski definition) is 1. The summed E-state index contributed by atoms with van der Waals surface area (Å²) in [6.07, 6.45) is 1.31. The molecular formula is C15H27N3O3. The Labute approximate surface area is 126 Å². The zero-order chi connectivity index (χ0) is 15.6. The van der Waals surface area contributed by atoms with Crippen molar-refractivity contribution in [3.8, 4) is 0 Å². The molecule has 21 heavy (non-hydrogen) atoms. The molecule has 2 saturated heterocycles. The van der Waals surface area contributed by atoms with Gasteiger partial charge in [-0.3, -0.25) is 4.90 Å². The van der Waals surface area contributed by atoms with E-state index in [0.29, 0.717) is 32.0 Å². The molecule has 2 amide bonds. The molecule has 2 aliphatic heterocycles. The van der Waals surface area contributed by atoms with Crippen molar-refractivity contribution in [2.24, 2.45) is 5.92 Å². The number of likely N-dealkylation sites (tertiary alicyclic amines) is 1. The molecule has 2 heterocycles. The monoisotopic (exact) mass is 297 g/mol. The fourth-order valence-corrected chi connectivity index (χ4v) is 3.30. The highest BCUT2D eigenvalue weighted by Gasteiger charge is 2.47. The first kappa shape index (κ1) is 16.1. The number of urea groups is 1. The van der Waals surface area contributed by atoms with Crippen molar-refractivity contribution < 1.29 is 14.7 Å². The van der Waals surface area contributed by atoms with Crippen LogP contribution in [0.2, 0.25) is 0 Å². The Morgan fingerprint density at radius 1 is 1.14 bits per heavy atom. The minimum atomic E-state index is -1.04. The highest BCUT2D eigenvalue weighted by atomic mass is 16.4. The summed E-state index contributed by atoms with van der Waals surface area (Å²) in [5, 5.41) is 9.41. The van der Waals surface area contributed by atoms with E-state index in [4.69, 9.17) is 0 Å². The molecule has 1 N–H and O–H groups in total. The summed E-state index contributed by atoms with van der Waals surface area (Å²) in [5.74, 6) is -0.270. The van der Waals surface area contributed by atoms with Crippen LogP contribution in [0.5, 0.6) is 0 Å². The molecule has 0 radical (unpaired) electrons. The predicted octanol–water partition coefficient (Wildman–Crippen LogP) is 1.32. The molecule has 0 spiro atoms. The van der Waals surface area contributed by atoms with E-state index in [2.05, 4.69) is 18.7 Å². The van der Waals surface area contributed by atoms with Crippen molar-refractivity contribution >= 4 is 12.0 Å². The maximum absolute atomic E-state index is 12.6. The molecule has 0 aromatic carbocycles. The highest BCUT2D eigenvalue weighted by Crippen LogP contribution is 2.30. The number of piperazine rings is 1. The van der Waals surface area contributed by atoms with Gasteiger partial charge in [0.05, 0.1) is 0 Å². The van der Waals surface area contributed by atoms with E-state index in [1.807, 2.05) is 4.90 Å². The number of carboxylic acid groups (broad SMARTS) is 1. The lowest BCUT2D eigenvalue weighted by Crippen LogP contribution is -2.58. The number of carbonyl (C=O) groups is 2. The second kappa shape index (κ2) is 6.22. The lowest BCUT2D eigenvalue weighted by Gasteiger charge is -2.40. The largest absolute Gasteiger partial charge is 0.480 e. The maximum atomic E-state index is 12.6. The SMILES string of the molecule is CC(C)CN1CCN(C(=O)N2CCCC2(C)C(=O)O)CC1. The Balaban J connectivity index is 1.94. The Hall–Kier alpha value is -1.30. The first-order valence-corrected chi connectivity index (χ1v) is 7.87. The molecular weight excluding hydrogens is 270 g/mol. The van der Waals surface area contributed by atoms with Crippen LogP contribution in [-0.4, -0.2) is 76.6 Å². The number of carbonyl (C=O) groups excluding carboxylic acids is 1. The smallest absolute Gasteiger partial charge is 0.329 e. The van der Waals surface area contributed by atoms with Gasteiger partial charge in [0.2, 0.25) is 0 Å². The van der Waals surface area contributed by atoms with Crippen molar-refractivity contribution in [1.82, 2.24) is 14.7 Å². The van der Waals surface area contributed by atoms with Gasteiger partial charge in [-0.1, -0.05) is 13.8 Å². The van der Waals surface area contributed by atoms with E-state index in [1.165, 1.54) is 0 Å². The topological polar surface area (TPSA) is 64.1 Å². The fraction of sp³-hybridized carbons (Fsp3) is 0.867. The van der Waals surface area contributed by atoms with Gasteiger partial charge in [0.1, 0.15) is 5.54 Å². The molecule has 6 nitrogen and oxygen atoms in total. The first-order valence-electron chi connectivity index (χ1n) is 7.87. The van der Waals surface area contributed by atoms with Crippen molar-refractivity contribution in [2.45, 2.75) is 39.2 Å². The van der Waals surface area contributed by atoms with Crippen LogP contribution in [0, 0.1) is 5.92 Å². The number of hydrogen-bond acceptors (Lipinski definition) is 3. The van der Waals surface area contributed by atoms with Gasteiger partial charge in [0.25, 0.3) is 0 Å². The lowest BCUT2D eigenvalue weighted by atomic mass is 9.99. The summed E-state index contributed by atoms with van der Waals surface area (Å²) in [4.78, 5) is 29.8. The van der Waals surface area contributed by atoms with E-state index in [0.717, 1.165) is 26.1 Å². The Morgan fingerprint density at radius 3 is 2.29 bits per heavy atom. The zero-order valence-corrected chi connectivity index (χ0v) is 13.3. The van der Waals surface area contributed by atoms with Crippen LogP contribution in [0.4, 0.5) is 4.79 Å². The van der Waals surface area contributed by atoms with Gasteiger partial charge >= 0.3 is 12.0 Å². The Bertz CT molecular complexity index is 405. The van der Waals surface area contributed by atoms with Gasteiger partial charge in [0, 0.05) is 39.3 Å². The molecule has 0 bridgehead atoms. The third-order valence-electron chi connectivity index (χ3n) is 4.60. The van der Waals surface area contributed by atoms with Crippen LogP contribution in [0.15, 0.2) is 0 Å². The van der Waals surface area contributed by atoms with Crippen molar-refractivity contribution in [1.29, 1.82) is 0 Å². The van der Waals surface area contributed by atoms with Crippen molar-refractivity contribution in [2.75, 3.05) is 39.3 Å². The second-order valence-corrected chi connectivity index (χ2v) is 6.80. The summed E-state index contributed by atoms with van der Waals surface area (Å²) in [7, 11) is 0. The third kappa shape index (κ3) is 3.31. The van der Waals surface area contributed by atoms with Crippen molar-refractivity contribution in [3.05, 3.63) is 0 Å². The van der Waals surface area contributed by atoms with Crippen LogP contribution < -0.4 is 0 Å². The molecule has 6 heteroatoms. The normalized spacial score (nSPS) is 27.4. The summed E-state index contributed by atoms with van der Waals surface area (Å²) < 4.78 is 0. The van der Waals surface area contributed by atoms with E-state index in [1.54, 1.807) is 11.8 Å². The van der Waals surface area contributed by atoms with E-state index in [-0.39, 0.29) is 6.03 Å². The van der Waals surface area contributed by atoms with Gasteiger partial charge in [0.15, 0.2) is 0 Å². The van der Waals surface area contributed by atoms with Crippen molar-refractivity contribution in [3.63, 3.8) is 0 Å². The molecule has 2 aliphatic rings. The van der Waals surface area contributed by atoms with E-state index in [9.17, 15) is 14.7 Å². The Morgan fingerprint density at radius 2 is 1.76 bits per heavy atom. The number of carboxylic acids is 1.